The third-order valence-corrected chi connectivity index (χ3v) is 3.31. The van der Waals surface area contributed by atoms with E-state index in [9.17, 15) is 4.79 Å². The Bertz CT molecular complexity index is 665. The Hall–Kier alpha value is -2.08. The molecule has 0 atom stereocenters. The Morgan fingerprint density at radius 2 is 2.19 bits per heavy atom. The van der Waals surface area contributed by atoms with Crippen molar-refractivity contribution in [3.05, 3.63) is 51.9 Å². The summed E-state index contributed by atoms with van der Waals surface area (Å²) in [6, 6.07) is 9.19. The lowest BCUT2D eigenvalue weighted by Gasteiger charge is -2.09. The van der Waals surface area contributed by atoms with E-state index in [4.69, 9.17) is 9.15 Å². The van der Waals surface area contributed by atoms with E-state index in [2.05, 4.69) is 26.5 Å². The fourth-order valence-corrected chi connectivity index (χ4v) is 1.94. The Kier molecular flexibility index (Phi) is 5.16. The van der Waals surface area contributed by atoms with Crippen LogP contribution in [0.4, 0.5) is 0 Å². The van der Waals surface area contributed by atoms with E-state index in [1.807, 2.05) is 32.0 Å². The number of carbonyl (C=O) groups excluding carboxylic acids is 1. The molecule has 0 fully saturated rings. The predicted molar refractivity (Wildman–Crippen MR) is 83.6 cm³/mol. The smallest absolute Gasteiger partial charge is 0.277 e. The summed E-state index contributed by atoms with van der Waals surface area (Å²) in [5.74, 6) is 0.902. The highest BCUT2D eigenvalue weighted by atomic mass is 79.9. The van der Waals surface area contributed by atoms with Gasteiger partial charge in [0.2, 0.25) is 0 Å². The number of hydrazone groups is 1. The van der Waals surface area contributed by atoms with E-state index in [0.717, 1.165) is 11.1 Å². The molecule has 21 heavy (non-hydrogen) atoms. The van der Waals surface area contributed by atoms with Crippen LogP contribution in [0.15, 0.2) is 44.5 Å². The quantitative estimate of drug-likeness (QED) is 0.665. The number of halogens is 1. The predicted octanol–water partition coefficient (Wildman–Crippen LogP) is 3.19. The zero-order valence-electron chi connectivity index (χ0n) is 11.7. The maximum Gasteiger partial charge on any atom is 0.277 e. The van der Waals surface area contributed by atoms with Gasteiger partial charge < -0.3 is 9.15 Å². The first-order valence-corrected chi connectivity index (χ1v) is 7.12. The molecular formula is C15H15BrN2O3. The first-order chi connectivity index (χ1) is 10.1. The second kappa shape index (κ2) is 7.08. The molecule has 5 nitrogen and oxygen atoms in total. The average molecular weight is 351 g/mol. The van der Waals surface area contributed by atoms with Crippen LogP contribution in [0.5, 0.6) is 5.75 Å². The van der Waals surface area contributed by atoms with E-state index >= 15 is 0 Å². The van der Waals surface area contributed by atoms with Gasteiger partial charge in [-0.1, -0.05) is 12.1 Å². The summed E-state index contributed by atoms with van der Waals surface area (Å²) < 4.78 is 11.3. The van der Waals surface area contributed by atoms with Crippen molar-refractivity contribution in [1.29, 1.82) is 0 Å². The average Bonchev–Trinajstić information content (AvgIpc) is 2.86. The minimum Gasteiger partial charge on any atom is -0.483 e. The first-order valence-electron chi connectivity index (χ1n) is 6.32. The summed E-state index contributed by atoms with van der Waals surface area (Å²) in [6.45, 7) is 3.85. The Balaban J connectivity index is 1.82. The second-order valence-corrected chi connectivity index (χ2v) is 5.20. The van der Waals surface area contributed by atoms with Gasteiger partial charge in [0.25, 0.3) is 5.91 Å². The van der Waals surface area contributed by atoms with E-state index in [0.29, 0.717) is 16.2 Å². The van der Waals surface area contributed by atoms with Gasteiger partial charge in [0.1, 0.15) is 11.5 Å². The molecule has 0 saturated carbocycles. The molecular weight excluding hydrogens is 336 g/mol. The number of nitrogens with one attached hydrogen (secondary N) is 1. The van der Waals surface area contributed by atoms with Gasteiger partial charge in [0.05, 0.1) is 6.21 Å². The molecule has 110 valence electrons. The molecule has 0 aliphatic rings. The van der Waals surface area contributed by atoms with Crippen molar-refractivity contribution < 1.29 is 13.9 Å². The fourth-order valence-electron chi connectivity index (χ4n) is 1.62. The van der Waals surface area contributed by atoms with Crippen LogP contribution in [0.25, 0.3) is 0 Å². The lowest BCUT2D eigenvalue weighted by Crippen LogP contribution is -2.24. The highest BCUT2D eigenvalue weighted by Crippen LogP contribution is 2.20. The number of aryl methyl sites for hydroxylation is 1. The van der Waals surface area contributed by atoms with E-state index in [1.165, 1.54) is 6.21 Å². The van der Waals surface area contributed by atoms with E-state index < -0.39 is 0 Å². The van der Waals surface area contributed by atoms with Crippen molar-refractivity contribution in [3.63, 3.8) is 0 Å². The normalized spacial score (nSPS) is 10.8. The molecule has 0 spiro atoms. The summed E-state index contributed by atoms with van der Waals surface area (Å²) >= 11 is 3.18. The van der Waals surface area contributed by atoms with Crippen molar-refractivity contribution in [2.75, 3.05) is 6.61 Å². The Labute approximate surface area is 131 Å². The van der Waals surface area contributed by atoms with Crippen LogP contribution in [0, 0.1) is 13.8 Å². The minimum atomic E-state index is -0.335. The standard InChI is InChI=1S/C15H15BrN2O3/c1-10-4-3-5-13(11(10)2)20-9-15(19)18-17-8-12-6-7-14(16)21-12/h3-8H,9H2,1-2H3,(H,18,19)/b17-8+. The summed E-state index contributed by atoms with van der Waals surface area (Å²) in [7, 11) is 0. The van der Waals surface area contributed by atoms with Gasteiger partial charge in [-0.2, -0.15) is 5.10 Å². The zero-order chi connectivity index (χ0) is 15.2. The summed E-state index contributed by atoms with van der Waals surface area (Å²) in [6.07, 6.45) is 1.42. The monoisotopic (exact) mass is 350 g/mol. The van der Waals surface area contributed by atoms with Crippen molar-refractivity contribution in [3.8, 4) is 5.75 Å². The molecule has 1 amide bonds. The third kappa shape index (κ3) is 4.46. The van der Waals surface area contributed by atoms with Gasteiger partial charge in [-0.15, -0.1) is 0 Å². The van der Waals surface area contributed by atoms with E-state index in [1.54, 1.807) is 12.1 Å². The Morgan fingerprint density at radius 1 is 1.38 bits per heavy atom. The topological polar surface area (TPSA) is 63.8 Å². The van der Waals surface area contributed by atoms with Crippen molar-refractivity contribution >= 4 is 28.1 Å². The van der Waals surface area contributed by atoms with Crippen LogP contribution in [0.1, 0.15) is 16.9 Å². The molecule has 2 aromatic rings. The highest BCUT2D eigenvalue weighted by Gasteiger charge is 2.05. The number of benzene rings is 1. The van der Waals surface area contributed by atoms with Gasteiger partial charge in [-0.25, -0.2) is 5.43 Å². The number of hydrogen-bond donors (Lipinski definition) is 1. The molecule has 0 unspecified atom stereocenters. The van der Waals surface area contributed by atoms with Crippen LogP contribution < -0.4 is 10.2 Å². The highest BCUT2D eigenvalue weighted by molar-refractivity contribution is 9.10. The van der Waals surface area contributed by atoms with Crippen molar-refractivity contribution in [1.82, 2.24) is 5.43 Å². The summed E-state index contributed by atoms with van der Waals surface area (Å²) in [5, 5.41) is 3.79. The SMILES string of the molecule is Cc1cccc(OCC(=O)N/N=C/c2ccc(Br)o2)c1C. The number of hydrogen-bond acceptors (Lipinski definition) is 4. The lowest BCUT2D eigenvalue weighted by molar-refractivity contribution is -0.123. The van der Waals surface area contributed by atoms with Gasteiger partial charge >= 0.3 is 0 Å². The number of rotatable bonds is 5. The molecule has 0 saturated heterocycles. The summed E-state index contributed by atoms with van der Waals surface area (Å²) in [4.78, 5) is 11.6. The second-order valence-electron chi connectivity index (χ2n) is 4.42. The molecule has 1 N–H and O–H groups in total. The number of amides is 1. The number of carbonyl (C=O) groups is 1. The molecule has 0 radical (unpaired) electrons. The molecule has 2 rings (SSSR count). The van der Waals surface area contributed by atoms with Crippen molar-refractivity contribution in [2.24, 2.45) is 5.10 Å². The largest absolute Gasteiger partial charge is 0.483 e. The van der Waals surface area contributed by atoms with Gasteiger partial charge in [0, 0.05) is 0 Å². The van der Waals surface area contributed by atoms with Gasteiger partial charge in [-0.3, -0.25) is 4.79 Å². The van der Waals surface area contributed by atoms with Crippen LogP contribution in [0.2, 0.25) is 0 Å². The first kappa shape index (κ1) is 15.3. The van der Waals surface area contributed by atoms with E-state index in [-0.39, 0.29) is 12.5 Å². The Morgan fingerprint density at radius 3 is 2.90 bits per heavy atom. The molecule has 6 heteroatoms. The zero-order valence-corrected chi connectivity index (χ0v) is 13.3. The molecule has 1 heterocycles. The molecule has 0 aliphatic carbocycles. The van der Waals surface area contributed by atoms with Crippen LogP contribution in [-0.4, -0.2) is 18.7 Å². The third-order valence-electron chi connectivity index (χ3n) is 2.89. The lowest BCUT2D eigenvalue weighted by atomic mass is 10.1. The molecule has 1 aromatic heterocycles. The van der Waals surface area contributed by atoms with Crippen molar-refractivity contribution in [2.45, 2.75) is 13.8 Å². The van der Waals surface area contributed by atoms with Crippen LogP contribution >= 0.6 is 15.9 Å². The molecule has 1 aromatic carbocycles. The summed E-state index contributed by atoms with van der Waals surface area (Å²) in [5.41, 5.74) is 4.52. The minimum absolute atomic E-state index is 0.0938. The number of nitrogens with zero attached hydrogens (tertiary/aromatic N) is 1. The maximum absolute atomic E-state index is 11.6. The van der Waals surface area contributed by atoms with Gasteiger partial charge in [0.15, 0.2) is 11.3 Å². The molecule has 0 aliphatic heterocycles. The number of ether oxygens (including phenoxy) is 1. The number of furan rings is 1. The fraction of sp³-hybridized carbons (Fsp3) is 0.200. The van der Waals surface area contributed by atoms with Crippen LogP contribution in [-0.2, 0) is 4.79 Å². The van der Waals surface area contributed by atoms with Gasteiger partial charge in [-0.05, 0) is 59.1 Å². The van der Waals surface area contributed by atoms with Crippen LogP contribution in [0.3, 0.4) is 0 Å². The molecule has 0 bridgehead atoms. The maximum atomic E-state index is 11.6.